The van der Waals surface area contributed by atoms with Gasteiger partial charge in [-0.05, 0) is 29.8 Å². The molecule has 90 valence electrons. The zero-order valence-corrected chi connectivity index (χ0v) is 10.0. The molecule has 0 saturated heterocycles. The monoisotopic (exact) mass is 229 g/mol. The number of hydrogen-bond donors (Lipinski definition) is 3. The van der Waals surface area contributed by atoms with E-state index in [1.54, 1.807) is 0 Å². The van der Waals surface area contributed by atoms with Crippen LogP contribution in [0.25, 0.3) is 11.1 Å². The zero-order valence-electron chi connectivity index (χ0n) is 10.0. The summed E-state index contributed by atoms with van der Waals surface area (Å²) < 4.78 is 0. The lowest BCUT2D eigenvalue weighted by molar-refractivity contribution is 0.774. The molecule has 0 amide bonds. The number of nitrogens with two attached hydrogens (primary N) is 3. The second kappa shape index (κ2) is 6.81. The summed E-state index contributed by atoms with van der Waals surface area (Å²) in [7, 11) is 1.50. The van der Waals surface area contributed by atoms with Gasteiger partial charge in [0.15, 0.2) is 0 Å². The van der Waals surface area contributed by atoms with Crippen molar-refractivity contribution < 1.29 is 0 Å². The fourth-order valence-electron chi connectivity index (χ4n) is 1.56. The predicted molar refractivity (Wildman–Crippen MR) is 73.1 cm³/mol. The molecule has 3 nitrogen and oxygen atoms in total. The van der Waals surface area contributed by atoms with E-state index in [0.29, 0.717) is 0 Å². The average molecular weight is 229 g/mol. The van der Waals surface area contributed by atoms with Gasteiger partial charge in [0.1, 0.15) is 0 Å². The molecule has 3 heteroatoms. The number of hydrogen-bond acceptors (Lipinski definition) is 3. The van der Waals surface area contributed by atoms with Crippen molar-refractivity contribution in [2.24, 2.45) is 17.2 Å². The zero-order chi connectivity index (χ0) is 12.7. The first-order valence-corrected chi connectivity index (χ1v) is 5.51. The lowest BCUT2D eigenvalue weighted by atomic mass is 10.0. The molecule has 0 aromatic heterocycles. The van der Waals surface area contributed by atoms with Crippen molar-refractivity contribution >= 4 is 0 Å². The Morgan fingerprint density at radius 3 is 1.94 bits per heavy atom. The molecule has 0 aliphatic carbocycles. The van der Waals surface area contributed by atoms with E-state index in [1.807, 2.05) is 36.4 Å². The van der Waals surface area contributed by atoms with Gasteiger partial charge in [-0.3, -0.25) is 0 Å². The largest absolute Gasteiger partial charge is 0.333 e. The van der Waals surface area contributed by atoms with Crippen molar-refractivity contribution in [3.05, 3.63) is 60.2 Å². The van der Waals surface area contributed by atoms with E-state index in [-0.39, 0.29) is 0 Å². The van der Waals surface area contributed by atoms with Gasteiger partial charge in [0.05, 0.1) is 6.17 Å². The quantitative estimate of drug-likeness (QED) is 0.688. The fraction of sp³-hybridized carbons (Fsp3) is 0.143. The van der Waals surface area contributed by atoms with Crippen LogP contribution < -0.4 is 17.2 Å². The second-order valence-electron chi connectivity index (χ2n) is 3.52. The Labute approximate surface area is 102 Å². The van der Waals surface area contributed by atoms with Crippen molar-refractivity contribution in [2.45, 2.75) is 6.17 Å². The van der Waals surface area contributed by atoms with Crippen LogP contribution in [0.4, 0.5) is 0 Å². The van der Waals surface area contributed by atoms with Gasteiger partial charge in [0.2, 0.25) is 0 Å². The normalized spacial score (nSPS) is 9.71. The lowest BCUT2D eigenvalue weighted by Gasteiger charge is -2.08. The molecule has 0 atom stereocenters. The van der Waals surface area contributed by atoms with Crippen molar-refractivity contribution in [3.63, 3.8) is 0 Å². The molecule has 0 unspecified atom stereocenters. The maximum absolute atomic E-state index is 5.64. The summed E-state index contributed by atoms with van der Waals surface area (Å²) in [5.74, 6) is 0. The van der Waals surface area contributed by atoms with Crippen LogP contribution in [0.3, 0.4) is 0 Å². The molecule has 0 aliphatic rings. The van der Waals surface area contributed by atoms with E-state index in [2.05, 4.69) is 23.9 Å². The molecule has 0 fully saturated rings. The molecule has 2 aromatic rings. The molecule has 0 heterocycles. The smallest absolute Gasteiger partial charge is 0.0784 e. The summed E-state index contributed by atoms with van der Waals surface area (Å²) in [6.45, 7) is 0. The van der Waals surface area contributed by atoms with E-state index >= 15 is 0 Å². The summed E-state index contributed by atoms with van der Waals surface area (Å²) in [4.78, 5) is 0. The Hall–Kier alpha value is -1.68. The summed E-state index contributed by atoms with van der Waals surface area (Å²) in [5, 5.41) is 0. The van der Waals surface area contributed by atoms with E-state index in [9.17, 15) is 0 Å². The molecule has 17 heavy (non-hydrogen) atoms. The van der Waals surface area contributed by atoms with Crippen LogP contribution in [0, 0.1) is 0 Å². The molecular weight excluding hydrogens is 210 g/mol. The Morgan fingerprint density at radius 1 is 0.765 bits per heavy atom. The lowest BCUT2D eigenvalue weighted by Crippen LogP contribution is -2.19. The van der Waals surface area contributed by atoms with E-state index < -0.39 is 6.17 Å². The van der Waals surface area contributed by atoms with Crippen LogP contribution in [0.5, 0.6) is 0 Å². The SMILES string of the molecule is CN.NC(N)c1cccc(-c2ccccc2)c1. The molecule has 0 spiro atoms. The van der Waals surface area contributed by atoms with Gasteiger partial charge in [-0.2, -0.15) is 0 Å². The van der Waals surface area contributed by atoms with Gasteiger partial charge >= 0.3 is 0 Å². The van der Waals surface area contributed by atoms with Gasteiger partial charge in [0.25, 0.3) is 0 Å². The van der Waals surface area contributed by atoms with Crippen LogP contribution in [0.1, 0.15) is 11.7 Å². The van der Waals surface area contributed by atoms with E-state index in [4.69, 9.17) is 11.5 Å². The van der Waals surface area contributed by atoms with Crippen LogP contribution >= 0.6 is 0 Å². The van der Waals surface area contributed by atoms with Gasteiger partial charge in [-0.1, -0.05) is 48.5 Å². The first-order chi connectivity index (χ1) is 8.27. The Kier molecular flexibility index (Phi) is 5.36. The number of benzene rings is 2. The maximum Gasteiger partial charge on any atom is 0.0784 e. The van der Waals surface area contributed by atoms with Crippen LogP contribution in [-0.2, 0) is 0 Å². The third kappa shape index (κ3) is 3.67. The minimum absolute atomic E-state index is 0.409. The molecule has 2 rings (SSSR count). The Bertz CT molecular complexity index is 438. The van der Waals surface area contributed by atoms with Crippen LogP contribution in [0.2, 0.25) is 0 Å². The Balaban J connectivity index is 0.000000686. The molecule has 2 aromatic carbocycles. The highest BCUT2D eigenvalue weighted by Gasteiger charge is 2.01. The summed E-state index contributed by atoms with van der Waals surface area (Å²) in [6, 6.07) is 18.2. The van der Waals surface area contributed by atoms with Crippen molar-refractivity contribution in [1.29, 1.82) is 0 Å². The van der Waals surface area contributed by atoms with E-state index in [0.717, 1.165) is 11.1 Å². The highest BCUT2D eigenvalue weighted by Crippen LogP contribution is 2.20. The first-order valence-electron chi connectivity index (χ1n) is 5.51. The molecular formula is C14H19N3. The molecule has 0 saturated carbocycles. The molecule has 0 aliphatic heterocycles. The highest BCUT2D eigenvalue weighted by molar-refractivity contribution is 5.64. The average Bonchev–Trinajstić information content (AvgIpc) is 2.42. The van der Waals surface area contributed by atoms with Gasteiger partial charge < -0.3 is 17.2 Å². The first kappa shape index (κ1) is 13.4. The molecule has 0 bridgehead atoms. The van der Waals surface area contributed by atoms with Gasteiger partial charge in [0, 0.05) is 0 Å². The minimum Gasteiger partial charge on any atom is -0.333 e. The number of rotatable bonds is 2. The van der Waals surface area contributed by atoms with Crippen molar-refractivity contribution in [3.8, 4) is 11.1 Å². The van der Waals surface area contributed by atoms with Crippen LogP contribution in [-0.4, -0.2) is 7.05 Å². The van der Waals surface area contributed by atoms with Gasteiger partial charge in [-0.15, -0.1) is 0 Å². The summed E-state index contributed by atoms with van der Waals surface area (Å²) in [5.41, 5.74) is 19.1. The van der Waals surface area contributed by atoms with Gasteiger partial charge in [-0.25, -0.2) is 0 Å². The van der Waals surface area contributed by atoms with Crippen molar-refractivity contribution in [1.82, 2.24) is 0 Å². The summed E-state index contributed by atoms with van der Waals surface area (Å²) in [6.07, 6.45) is -0.409. The van der Waals surface area contributed by atoms with Crippen LogP contribution in [0.15, 0.2) is 54.6 Å². The minimum atomic E-state index is -0.409. The topological polar surface area (TPSA) is 78.1 Å². The molecule has 0 radical (unpaired) electrons. The third-order valence-electron chi connectivity index (χ3n) is 2.38. The molecule has 6 N–H and O–H groups in total. The Morgan fingerprint density at radius 2 is 1.35 bits per heavy atom. The third-order valence-corrected chi connectivity index (χ3v) is 2.38. The van der Waals surface area contributed by atoms with Crippen molar-refractivity contribution in [2.75, 3.05) is 7.05 Å². The van der Waals surface area contributed by atoms with E-state index in [1.165, 1.54) is 12.6 Å². The predicted octanol–water partition coefficient (Wildman–Crippen LogP) is 1.84. The highest BCUT2D eigenvalue weighted by atomic mass is 14.8. The summed E-state index contributed by atoms with van der Waals surface area (Å²) >= 11 is 0. The maximum atomic E-state index is 5.64. The standard InChI is InChI=1S/C13H14N2.CH5N/c14-13(15)12-8-4-7-11(9-12)10-5-2-1-3-6-10;1-2/h1-9,13H,14-15H2;2H2,1H3. The second-order valence-corrected chi connectivity index (χ2v) is 3.52. The fourth-order valence-corrected chi connectivity index (χ4v) is 1.56.